The van der Waals surface area contributed by atoms with Gasteiger partial charge < -0.3 is 15.0 Å². The number of benzene rings is 2. The smallest absolute Gasteiger partial charge is 0.343 e. The molecule has 2 heterocycles. The number of imidazole rings is 1. The Hall–Kier alpha value is -3.11. The number of amides is 1. The molecule has 0 bridgehead atoms. The maximum atomic E-state index is 13.4. The maximum Gasteiger partial charge on any atom is 0.343 e. The van der Waals surface area contributed by atoms with Crippen LogP contribution in [0.4, 0.5) is 0 Å². The van der Waals surface area contributed by atoms with Crippen LogP contribution in [-0.2, 0) is 21.4 Å². The highest BCUT2D eigenvalue weighted by Gasteiger charge is 2.26. The number of nitrogens with zero attached hydrogens (tertiary/aromatic N) is 3. The van der Waals surface area contributed by atoms with E-state index in [0.29, 0.717) is 23.9 Å². The second kappa shape index (κ2) is 10.7. The molecule has 1 atom stereocenters. The number of carbonyl (C=O) groups is 1. The fraction of sp³-hybridized carbons (Fsp3) is 0.440. The zero-order valence-corrected chi connectivity index (χ0v) is 21.0. The van der Waals surface area contributed by atoms with Gasteiger partial charge in [0.2, 0.25) is 5.91 Å². The number of para-hydroxylation sites is 2. The van der Waals surface area contributed by atoms with E-state index >= 15 is 0 Å². The van der Waals surface area contributed by atoms with Gasteiger partial charge in [0.05, 0.1) is 23.0 Å². The van der Waals surface area contributed by atoms with Crippen molar-refractivity contribution < 1.29 is 17.9 Å². The van der Waals surface area contributed by atoms with E-state index in [1.54, 1.807) is 24.3 Å². The predicted molar refractivity (Wildman–Crippen MR) is 134 cm³/mol. The molecule has 10 heteroatoms. The maximum absolute atomic E-state index is 13.4. The van der Waals surface area contributed by atoms with Crippen LogP contribution in [0.2, 0.25) is 0 Å². The molecular weight excluding hydrogens is 468 g/mol. The Kier molecular flexibility index (Phi) is 7.61. The Morgan fingerprint density at radius 1 is 1.09 bits per heavy atom. The molecule has 1 aromatic heterocycles. The first kappa shape index (κ1) is 25.0. The number of piperidine rings is 1. The van der Waals surface area contributed by atoms with Gasteiger partial charge in [-0.2, -0.15) is 3.97 Å². The Labute approximate surface area is 205 Å². The summed E-state index contributed by atoms with van der Waals surface area (Å²) in [6.45, 7) is 4.48. The Balaban J connectivity index is 1.51. The molecule has 188 valence electrons. The molecule has 2 aromatic carbocycles. The molecule has 1 saturated heterocycles. The number of likely N-dealkylation sites (tertiary alicyclic amines) is 1. The summed E-state index contributed by atoms with van der Waals surface area (Å²) >= 11 is 0. The van der Waals surface area contributed by atoms with Crippen molar-refractivity contribution in [2.75, 3.05) is 26.7 Å². The normalized spacial score (nSPS) is 16.9. The lowest BCUT2D eigenvalue weighted by Crippen LogP contribution is -2.40. The summed E-state index contributed by atoms with van der Waals surface area (Å²) < 4.78 is 33.8. The van der Waals surface area contributed by atoms with E-state index < -0.39 is 15.7 Å². The predicted octanol–water partition coefficient (Wildman–Crippen LogP) is 2.43. The Morgan fingerprint density at radius 3 is 2.49 bits per heavy atom. The van der Waals surface area contributed by atoms with E-state index in [1.165, 1.54) is 55.2 Å². The van der Waals surface area contributed by atoms with Crippen molar-refractivity contribution >= 4 is 27.0 Å². The first-order valence-corrected chi connectivity index (χ1v) is 13.4. The molecule has 1 aliphatic heterocycles. The van der Waals surface area contributed by atoms with Gasteiger partial charge in [0.15, 0.2) is 0 Å². The van der Waals surface area contributed by atoms with E-state index in [0.717, 1.165) is 23.5 Å². The molecular formula is C25H32N4O5S. The second-order valence-electron chi connectivity index (χ2n) is 8.89. The van der Waals surface area contributed by atoms with E-state index in [9.17, 15) is 18.0 Å². The van der Waals surface area contributed by atoms with Crippen molar-refractivity contribution in [3.05, 3.63) is 59.0 Å². The molecule has 3 aromatic rings. The molecule has 0 aliphatic carbocycles. The van der Waals surface area contributed by atoms with Gasteiger partial charge in [0.1, 0.15) is 12.3 Å². The number of hydrogen-bond acceptors (Lipinski definition) is 6. The number of rotatable bonds is 9. The van der Waals surface area contributed by atoms with Gasteiger partial charge >= 0.3 is 5.69 Å². The van der Waals surface area contributed by atoms with Crippen molar-refractivity contribution in [3.63, 3.8) is 0 Å². The third-order valence-electron chi connectivity index (χ3n) is 6.58. The lowest BCUT2D eigenvalue weighted by Gasteiger charge is -2.33. The molecule has 1 N–H and O–H groups in total. The number of aromatic nitrogens is 2. The number of hydrogen-bond donors (Lipinski definition) is 1. The molecule has 1 aliphatic rings. The summed E-state index contributed by atoms with van der Waals surface area (Å²) in [7, 11) is -2.70. The SMILES string of the molecule is COc1ccc(S(=O)(=O)n2c(=O)n(CC(=O)NCCCN3CCCCC3C)c3ccccc32)cc1. The fourth-order valence-corrected chi connectivity index (χ4v) is 6.03. The molecule has 1 fully saturated rings. The molecule has 1 unspecified atom stereocenters. The fourth-order valence-electron chi connectivity index (χ4n) is 4.62. The van der Waals surface area contributed by atoms with Gasteiger partial charge in [-0.3, -0.25) is 9.36 Å². The third kappa shape index (κ3) is 5.28. The van der Waals surface area contributed by atoms with Crippen LogP contribution in [0.3, 0.4) is 0 Å². The van der Waals surface area contributed by atoms with Crippen LogP contribution in [0.5, 0.6) is 5.75 Å². The number of ether oxygens (including phenoxy) is 1. The van der Waals surface area contributed by atoms with Gasteiger partial charge in [-0.1, -0.05) is 18.6 Å². The lowest BCUT2D eigenvalue weighted by atomic mass is 10.0. The van der Waals surface area contributed by atoms with Gasteiger partial charge in [-0.25, -0.2) is 13.2 Å². The highest BCUT2D eigenvalue weighted by Crippen LogP contribution is 2.22. The van der Waals surface area contributed by atoms with Crippen LogP contribution in [0, 0.1) is 0 Å². The summed E-state index contributed by atoms with van der Waals surface area (Å²) in [6, 6.07) is 13.0. The molecule has 0 spiro atoms. The molecule has 0 radical (unpaired) electrons. The number of methoxy groups -OCH3 is 1. The van der Waals surface area contributed by atoms with Crippen molar-refractivity contribution in [1.82, 2.24) is 18.8 Å². The van der Waals surface area contributed by atoms with Gasteiger partial charge in [0, 0.05) is 19.1 Å². The highest BCUT2D eigenvalue weighted by molar-refractivity contribution is 7.90. The number of carbonyl (C=O) groups excluding carboxylic acids is 1. The molecule has 35 heavy (non-hydrogen) atoms. The Bertz CT molecular complexity index is 1340. The van der Waals surface area contributed by atoms with Gasteiger partial charge in [-0.05, 0) is 69.1 Å². The summed E-state index contributed by atoms with van der Waals surface area (Å²) in [6.07, 6.45) is 4.51. The van der Waals surface area contributed by atoms with Crippen LogP contribution >= 0.6 is 0 Å². The highest BCUT2D eigenvalue weighted by atomic mass is 32.2. The largest absolute Gasteiger partial charge is 0.497 e. The topological polar surface area (TPSA) is 103 Å². The number of fused-ring (bicyclic) bond motifs is 1. The van der Waals surface area contributed by atoms with Gasteiger partial charge in [0.25, 0.3) is 10.0 Å². The zero-order chi connectivity index (χ0) is 25.0. The van der Waals surface area contributed by atoms with E-state index in [4.69, 9.17) is 4.74 Å². The zero-order valence-electron chi connectivity index (χ0n) is 20.1. The van der Waals surface area contributed by atoms with E-state index in [2.05, 4.69) is 17.1 Å². The standard InChI is InChI=1S/C25H32N4O5S/c1-19-8-5-6-16-27(19)17-7-15-26-24(30)18-28-22-9-3-4-10-23(22)29(25(28)31)35(32,33)21-13-11-20(34-2)12-14-21/h3-4,9-14,19H,5-8,15-18H2,1-2H3,(H,26,30). The quantitative estimate of drug-likeness (QED) is 0.453. The van der Waals surface area contributed by atoms with Gasteiger partial charge in [-0.15, -0.1) is 0 Å². The van der Waals surface area contributed by atoms with Crippen LogP contribution in [-0.4, -0.2) is 60.6 Å². The van der Waals surface area contributed by atoms with Crippen molar-refractivity contribution in [3.8, 4) is 5.75 Å². The monoisotopic (exact) mass is 500 g/mol. The molecule has 4 rings (SSSR count). The summed E-state index contributed by atoms with van der Waals surface area (Å²) in [5.74, 6) is 0.175. The minimum absolute atomic E-state index is 0.0419. The molecule has 9 nitrogen and oxygen atoms in total. The minimum atomic E-state index is -4.18. The molecule has 0 saturated carbocycles. The van der Waals surface area contributed by atoms with Crippen LogP contribution in [0.25, 0.3) is 11.0 Å². The summed E-state index contributed by atoms with van der Waals surface area (Å²) in [4.78, 5) is 28.3. The minimum Gasteiger partial charge on any atom is -0.497 e. The van der Waals surface area contributed by atoms with Crippen molar-refractivity contribution in [2.24, 2.45) is 0 Å². The van der Waals surface area contributed by atoms with E-state index in [-0.39, 0.29) is 22.9 Å². The van der Waals surface area contributed by atoms with Crippen LogP contribution in [0.15, 0.2) is 58.2 Å². The lowest BCUT2D eigenvalue weighted by molar-refractivity contribution is -0.121. The number of nitrogens with one attached hydrogen (secondary N) is 1. The molecule has 1 amide bonds. The third-order valence-corrected chi connectivity index (χ3v) is 8.28. The average Bonchev–Trinajstić information content (AvgIpc) is 3.14. The second-order valence-corrected chi connectivity index (χ2v) is 10.7. The van der Waals surface area contributed by atoms with Crippen molar-refractivity contribution in [1.29, 1.82) is 0 Å². The summed E-state index contributed by atoms with van der Waals surface area (Å²) in [5, 5.41) is 2.87. The first-order valence-electron chi connectivity index (χ1n) is 11.9. The van der Waals surface area contributed by atoms with E-state index in [1.807, 2.05) is 0 Å². The van der Waals surface area contributed by atoms with Crippen LogP contribution in [0.1, 0.15) is 32.6 Å². The van der Waals surface area contributed by atoms with Crippen LogP contribution < -0.4 is 15.7 Å². The van der Waals surface area contributed by atoms with Crippen molar-refractivity contribution in [2.45, 2.75) is 50.1 Å². The Morgan fingerprint density at radius 2 is 1.80 bits per heavy atom. The average molecular weight is 501 g/mol. The summed E-state index contributed by atoms with van der Waals surface area (Å²) in [5.41, 5.74) is -0.175. The first-order chi connectivity index (χ1) is 16.8.